The number of halogens is 1. The average Bonchev–Trinajstić information content (AvgIpc) is 2.26. The fourth-order valence-electron chi connectivity index (χ4n) is 1.19. The number of hydrogen-bond acceptors (Lipinski definition) is 4. The molecular formula is C10H13FN2O3. The highest BCUT2D eigenvalue weighted by molar-refractivity contribution is 5.93. The predicted molar refractivity (Wildman–Crippen MR) is 56.0 cm³/mol. The van der Waals surface area contributed by atoms with Gasteiger partial charge in [-0.05, 0) is 18.9 Å². The highest BCUT2D eigenvalue weighted by atomic mass is 19.1. The van der Waals surface area contributed by atoms with Crippen LogP contribution in [-0.2, 0) is 0 Å². The van der Waals surface area contributed by atoms with E-state index < -0.39 is 11.8 Å². The molecule has 0 spiro atoms. The van der Waals surface area contributed by atoms with Crippen LogP contribution in [-0.4, -0.2) is 34.3 Å². The van der Waals surface area contributed by atoms with Crippen LogP contribution in [0.1, 0.15) is 23.2 Å². The summed E-state index contributed by atoms with van der Waals surface area (Å²) < 4.78 is 12.8. The second-order valence-corrected chi connectivity index (χ2v) is 3.21. The maximum atomic E-state index is 12.8. The number of rotatable bonds is 6. The third-order valence-corrected chi connectivity index (χ3v) is 1.96. The van der Waals surface area contributed by atoms with E-state index in [9.17, 15) is 9.18 Å². The van der Waals surface area contributed by atoms with Crippen LogP contribution in [0.4, 0.5) is 10.2 Å². The Labute approximate surface area is 91.9 Å². The molecule has 3 N–H and O–H groups in total. The Morgan fingerprint density at radius 1 is 1.50 bits per heavy atom. The molecule has 1 aromatic rings. The number of aliphatic hydroxyl groups excluding tert-OH is 1. The van der Waals surface area contributed by atoms with Crippen molar-refractivity contribution in [3.8, 4) is 0 Å². The number of carboxylic acid groups (broad SMARTS) is 1. The molecule has 0 aliphatic heterocycles. The first-order valence-electron chi connectivity index (χ1n) is 4.88. The number of carbonyl (C=O) groups is 1. The molecule has 0 atom stereocenters. The van der Waals surface area contributed by atoms with Crippen LogP contribution in [0.25, 0.3) is 0 Å². The quantitative estimate of drug-likeness (QED) is 0.635. The minimum Gasteiger partial charge on any atom is -0.478 e. The van der Waals surface area contributed by atoms with Gasteiger partial charge in [0.2, 0.25) is 0 Å². The summed E-state index contributed by atoms with van der Waals surface area (Å²) in [6.45, 7) is 0.573. The molecule has 0 aliphatic carbocycles. The lowest BCUT2D eigenvalue weighted by Crippen LogP contribution is -2.10. The van der Waals surface area contributed by atoms with Crippen LogP contribution in [0.15, 0.2) is 12.3 Å². The molecule has 6 heteroatoms. The van der Waals surface area contributed by atoms with Crippen molar-refractivity contribution in [1.82, 2.24) is 4.98 Å². The molecule has 0 aromatic carbocycles. The first-order chi connectivity index (χ1) is 7.65. The van der Waals surface area contributed by atoms with E-state index in [0.717, 1.165) is 12.3 Å². The molecule has 1 heterocycles. The largest absolute Gasteiger partial charge is 0.478 e. The molecule has 0 fully saturated rings. The molecule has 16 heavy (non-hydrogen) atoms. The van der Waals surface area contributed by atoms with Crippen molar-refractivity contribution in [3.05, 3.63) is 23.6 Å². The Morgan fingerprint density at radius 2 is 2.25 bits per heavy atom. The van der Waals surface area contributed by atoms with Gasteiger partial charge in [-0.15, -0.1) is 0 Å². The minimum atomic E-state index is -1.23. The van der Waals surface area contributed by atoms with Crippen LogP contribution >= 0.6 is 0 Å². The lowest BCUT2D eigenvalue weighted by Gasteiger charge is -2.07. The van der Waals surface area contributed by atoms with Gasteiger partial charge < -0.3 is 15.5 Å². The summed E-state index contributed by atoms with van der Waals surface area (Å²) in [7, 11) is 0. The fraction of sp³-hybridized carbons (Fsp3) is 0.400. The van der Waals surface area contributed by atoms with E-state index in [4.69, 9.17) is 10.2 Å². The van der Waals surface area contributed by atoms with Crippen molar-refractivity contribution in [2.24, 2.45) is 0 Å². The van der Waals surface area contributed by atoms with Crippen LogP contribution in [0, 0.1) is 5.82 Å². The van der Waals surface area contributed by atoms with Crippen molar-refractivity contribution in [2.45, 2.75) is 12.8 Å². The highest BCUT2D eigenvalue weighted by Gasteiger charge is 2.12. The zero-order valence-corrected chi connectivity index (χ0v) is 8.61. The number of aromatic carboxylic acids is 1. The van der Waals surface area contributed by atoms with E-state index in [1.54, 1.807) is 0 Å². The molecule has 0 saturated heterocycles. The predicted octanol–water partition coefficient (Wildman–Crippen LogP) is 1.10. The Bertz CT molecular complexity index is 371. The van der Waals surface area contributed by atoms with Gasteiger partial charge >= 0.3 is 5.97 Å². The van der Waals surface area contributed by atoms with Gasteiger partial charge in [-0.2, -0.15) is 0 Å². The van der Waals surface area contributed by atoms with Crippen molar-refractivity contribution in [3.63, 3.8) is 0 Å². The Hall–Kier alpha value is -1.69. The number of anilines is 1. The molecule has 1 rings (SSSR count). The summed E-state index contributed by atoms with van der Waals surface area (Å²) in [4.78, 5) is 14.4. The lowest BCUT2D eigenvalue weighted by molar-refractivity contribution is 0.0697. The second-order valence-electron chi connectivity index (χ2n) is 3.21. The maximum Gasteiger partial charge on any atom is 0.339 e. The average molecular weight is 228 g/mol. The zero-order chi connectivity index (χ0) is 12.0. The maximum absolute atomic E-state index is 12.8. The van der Waals surface area contributed by atoms with Gasteiger partial charge in [0.15, 0.2) is 0 Å². The number of nitrogens with zero attached hydrogens (tertiary/aromatic N) is 1. The molecule has 0 radical (unpaired) electrons. The Morgan fingerprint density at radius 3 is 2.88 bits per heavy atom. The molecule has 0 unspecified atom stereocenters. The monoisotopic (exact) mass is 228 g/mol. The standard InChI is InChI=1S/C10H13FN2O3/c11-7-5-8(10(15)16)9(13-6-7)12-3-1-2-4-14/h5-6,14H,1-4H2,(H,12,13)(H,15,16). The molecule has 0 aliphatic rings. The summed E-state index contributed by atoms with van der Waals surface area (Å²) in [5, 5.41) is 20.1. The summed E-state index contributed by atoms with van der Waals surface area (Å²) in [5.41, 5.74) is -0.191. The van der Waals surface area contributed by atoms with Gasteiger partial charge in [-0.3, -0.25) is 0 Å². The van der Waals surface area contributed by atoms with E-state index in [2.05, 4.69) is 10.3 Å². The number of pyridine rings is 1. The van der Waals surface area contributed by atoms with Crippen molar-refractivity contribution in [1.29, 1.82) is 0 Å². The summed E-state index contributed by atoms with van der Waals surface area (Å²) in [6.07, 6.45) is 2.27. The molecule has 0 amide bonds. The molecule has 5 nitrogen and oxygen atoms in total. The second kappa shape index (κ2) is 6.02. The van der Waals surface area contributed by atoms with Crippen molar-refractivity contribution < 1.29 is 19.4 Å². The van der Waals surface area contributed by atoms with E-state index in [0.29, 0.717) is 19.4 Å². The van der Waals surface area contributed by atoms with Crippen molar-refractivity contribution >= 4 is 11.8 Å². The molecule has 0 bridgehead atoms. The SMILES string of the molecule is O=C(O)c1cc(F)cnc1NCCCCO. The van der Waals surface area contributed by atoms with Gasteiger partial charge in [-0.1, -0.05) is 0 Å². The first kappa shape index (κ1) is 12.4. The fourth-order valence-corrected chi connectivity index (χ4v) is 1.19. The number of carboxylic acids is 1. The number of nitrogens with one attached hydrogen (secondary N) is 1. The van der Waals surface area contributed by atoms with Gasteiger partial charge in [0, 0.05) is 13.2 Å². The van der Waals surface area contributed by atoms with Gasteiger partial charge in [0.1, 0.15) is 17.2 Å². The number of unbranched alkanes of at least 4 members (excludes halogenated alkanes) is 1. The van der Waals surface area contributed by atoms with Crippen LogP contribution < -0.4 is 5.32 Å². The van der Waals surface area contributed by atoms with Gasteiger partial charge in [-0.25, -0.2) is 14.2 Å². The topological polar surface area (TPSA) is 82.5 Å². The zero-order valence-electron chi connectivity index (χ0n) is 8.61. The summed E-state index contributed by atoms with van der Waals surface area (Å²) in [5.74, 6) is -1.76. The minimum absolute atomic E-state index is 0.0876. The van der Waals surface area contributed by atoms with Crippen LogP contribution in [0.3, 0.4) is 0 Å². The third kappa shape index (κ3) is 3.47. The van der Waals surface area contributed by atoms with Gasteiger partial charge in [0.05, 0.1) is 6.20 Å². The highest BCUT2D eigenvalue weighted by Crippen LogP contribution is 2.13. The molecular weight excluding hydrogens is 215 g/mol. The van der Waals surface area contributed by atoms with E-state index in [1.165, 1.54) is 0 Å². The normalized spacial score (nSPS) is 10.1. The van der Waals surface area contributed by atoms with E-state index in [1.807, 2.05) is 0 Å². The summed E-state index contributed by atoms with van der Waals surface area (Å²) in [6, 6.07) is 0.920. The molecule has 0 saturated carbocycles. The van der Waals surface area contributed by atoms with E-state index in [-0.39, 0.29) is 18.0 Å². The first-order valence-corrected chi connectivity index (χ1v) is 4.88. The Balaban J connectivity index is 2.67. The molecule has 88 valence electrons. The number of hydrogen-bond donors (Lipinski definition) is 3. The van der Waals surface area contributed by atoms with Crippen molar-refractivity contribution in [2.75, 3.05) is 18.5 Å². The van der Waals surface area contributed by atoms with Crippen LogP contribution in [0.2, 0.25) is 0 Å². The summed E-state index contributed by atoms with van der Waals surface area (Å²) >= 11 is 0. The smallest absolute Gasteiger partial charge is 0.339 e. The third-order valence-electron chi connectivity index (χ3n) is 1.96. The Kier molecular flexibility index (Phi) is 4.65. The number of aliphatic hydroxyl groups is 1. The molecule has 1 aromatic heterocycles. The lowest BCUT2D eigenvalue weighted by atomic mass is 10.2. The van der Waals surface area contributed by atoms with Gasteiger partial charge in [0.25, 0.3) is 0 Å². The van der Waals surface area contributed by atoms with Crippen LogP contribution in [0.5, 0.6) is 0 Å². The number of aromatic nitrogens is 1. The van der Waals surface area contributed by atoms with E-state index >= 15 is 0 Å².